The molecular formula is C35H34F6N4O8. The minimum Gasteiger partial charge on any atom is -0.489 e. The molecule has 0 radical (unpaired) electrons. The molecule has 2 atom stereocenters. The minimum atomic E-state index is -5.08. The van der Waals surface area contributed by atoms with Crippen LogP contribution in [0.4, 0.5) is 26.3 Å². The van der Waals surface area contributed by atoms with E-state index in [1.54, 1.807) is 29.7 Å². The van der Waals surface area contributed by atoms with Crippen LogP contribution in [0.15, 0.2) is 84.9 Å². The number of piperidine rings is 1. The molecule has 284 valence electrons. The topological polar surface area (TPSA) is 178 Å². The molecular weight excluding hydrogens is 718 g/mol. The molecule has 0 saturated carbocycles. The monoisotopic (exact) mass is 752 g/mol. The Kier molecular flexibility index (Phi) is 14.7. The van der Waals surface area contributed by atoms with Crippen LogP contribution in [-0.4, -0.2) is 80.5 Å². The van der Waals surface area contributed by atoms with Crippen LogP contribution in [0.25, 0.3) is 10.9 Å². The van der Waals surface area contributed by atoms with Gasteiger partial charge in [-0.25, -0.2) is 15.1 Å². The molecule has 1 aliphatic rings. The number of fused-ring (bicyclic) bond motifs is 1. The van der Waals surface area contributed by atoms with Crippen LogP contribution in [0.1, 0.15) is 33.6 Å². The van der Waals surface area contributed by atoms with E-state index in [-0.39, 0.29) is 5.91 Å². The van der Waals surface area contributed by atoms with Gasteiger partial charge in [-0.05, 0) is 61.9 Å². The van der Waals surface area contributed by atoms with Crippen molar-refractivity contribution in [3.05, 3.63) is 107 Å². The van der Waals surface area contributed by atoms with Gasteiger partial charge >= 0.3 is 24.3 Å². The molecule has 5 rings (SSSR count). The fraction of sp³-hybridized carbons (Fsp3) is 0.286. The van der Waals surface area contributed by atoms with Crippen molar-refractivity contribution < 1.29 is 65.7 Å². The molecule has 3 aromatic carbocycles. The number of aliphatic carboxylic acids is 2. The number of amides is 2. The molecule has 5 N–H and O–H groups in total. The number of nitrogens with one attached hydrogen (secondary N) is 2. The van der Waals surface area contributed by atoms with Crippen molar-refractivity contribution in [3.63, 3.8) is 0 Å². The Morgan fingerprint density at radius 3 is 2.00 bits per heavy atom. The lowest BCUT2D eigenvalue weighted by molar-refractivity contribution is -0.193. The summed E-state index contributed by atoms with van der Waals surface area (Å²) >= 11 is 0. The fourth-order valence-corrected chi connectivity index (χ4v) is 5.18. The Bertz CT molecular complexity index is 1830. The first-order valence-corrected chi connectivity index (χ1v) is 15.6. The number of carboxylic acids is 2. The number of hydroxylamine groups is 1. The number of benzene rings is 3. The first-order valence-electron chi connectivity index (χ1n) is 15.6. The van der Waals surface area contributed by atoms with Crippen molar-refractivity contribution in [3.8, 4) is 5.75 Å². The van der Waals surface area contributed by atoms with Gasteiger partial charge in [0.25, 0.3) is 5.91 Å². The molecule has 4 aromatic rings. The van der Waals surface area contributed by atoms with Crippen LogP contribution < -0.4 is 15.5 Å². The molecule has 2 heterocycles. The zero-order valence-corrected chi connectivity index (χ0v) is 27.8. The molecule has 2 amide bonds. The Morgan fingerprint density at radius 1 is 0.868 bits per heavy atom. The lowest BCUT2D eigenvalue weighted by Gasteiger charge is -2.37. The number of likely N-dealkylation sites (tertiary alicyclic amines) is 1. The number of rotatable bonds is 8. The molecule has 1 saturated heterocycles. The van der Waals surface area contributed by atoms with E-state index in [9.17, 15) is 41.1 Å². The molecule has 0 aliphatic carbocycles. The highest BCUT2D eigenvalue weighted by molar-refractivity contribution is 5.95. The molecule has 12 nitrogen and oxygen atoms in total. The summed E-state index contributed by atoms with van der Waals surface area (Å²) in [6.07, 6.45) is -9.64. The largest absolute Gasteiger partial charge is 0.490 e. The smallest absolute Gasteiger partial charge is 0.489 e. The van der Waals surface area contributed by atoms with Crippen LogP contribution in [0.2, 0.25) is 0 Å². The number of nitrogens with zero attached hydrogens (tertiary/aromatic N) is 2. The number of hydrogen-bond donors (Lipinski definition) is 5. The van der Waals surface area contributed by atoms with Gasteiger partial charge in [0.15, 0.2) is 0 Å². The average molecular weight is 753 g/mol. The van der Waals surface area contributed by atoms with Gasteiger partial charge in [0.2, 0.25) is 5.91 Å². The molecule has 1 aromatic heterocycles. The van der Waals surface area contributed by atoms with Crippen LogP contribution in [-0.2, 0) is 27.5 Å². The second kappa shape index (κ2) is 18.7. The third-order valence-electron chi connectivity index (χ3n) is 7.64. The number of para-hydroxylation sites is 1. The summed E-state index contributed by atoms with van der Waals surface area (Å²) in [7, 11) is 0. The Balaban J connectivity index is 0.000000458. The van der Waals surface area contributed by atoms with Crippen molar-refractivity contribution in [1.82, 2.24) is 20.7 Å². The first kappa shape index (κ1) is 41.7. The third-order valence-corrected chi connectivity index (χ3v) is 7.64. The van der Waals surface area contributed by atoms with Gasteiger partial charge in [0, 0.05) is 35.3 Å². The minimum absolute atomic E-state index is 0.278. The Labute approximate surface area is 298 Å². The zero-order chi connectivity index (χ0) is 39.3. The summed E-state index contributed by atoms with van der Waals surface area (Å²) < 4.78 is 69.5. The number of pyridine rings is 1. The molecule has 0 unspecified atom stereocenters. The van der Waals surface area contributed by atoms with Crippen molar-refractivity contribution in [2.75, 3.05) is 13.1 Å². The highest BCUT2D eigenvalue weighted by Crippen LogP contribution is 2.23. The molecule has 0 bridgehead atoms. The average Bonchev–Trinajstić information content (AvgIpc) is 3.10. The summed E-state index contributed by atoms with van der Waals surface area (Å²) in [4.78, 5) is 50.1. The summed E-state index contributed by atoms with van der Waals surface area (Å²) in [5, 5.41) is 27.6. The van der Waals surface area contributed by atoms with E-state index in [0.717, 1.165) is 34.3 Å². The standard InChI is InChI=1S/C31H32N4O4.2C2HF3O2/c1-21-17-24(26-9-5-6-10-28(26)32-21)20-39-25-13-11-23(12-14-25)30(36)33-29-19-35(16-15-27(29)31(37)34-38)18-22-7-3-2-4-8-22;2*3-2(4,5)1(6)7/h2-14,17,27,29,38H,15-16,18-20H2,1H3,(H,33,36)(H,34,37);2*(H,6,7)/t27-,29+;;/m0../s1. The highest BCUT2D eigenvalue weighted by atomic mass is 19.4. The predicted octanol–water partition coefficient (Wildman–Crippen LogP) is 5.51. The first-order chi connectivity index (χ1) is 24.9. The molecule has 1 aliphatic heterocycles. The van der Waals surface area contributed by atoms with Gasteiger partial charge in [-0.15, -0.1) is 0 Å². The van der Waals surface area contributed by atoms with Gasteiger partial charge in [0.05, 0.1) is 17.5 Å². The second-order valence-electron chi connectivity index (χ2n) is 11.5. The van der Waals surface area contributed by atoms with E-state index in [1.165, 1.54) is 0 Å². The maximum atomic E-state index is 13.1. The number of carbonyl (C=O) groups excluding carboxylic acids is 2. The predicted molar refractivity (Wildman–Crippen MR) is 176 cm³/mol. The van der Waals surface area contributed by atoms with E-state index in [2.05, 4.69) is 27.3 Å². The summed E-state index contributed by atoms with van der Waals surface area (Å²) in [5.74, 6) is -6.15. The molecule has 18 heteroatoms. The number of carboxylic acid groups (broad SMARTS) is 2. The maximum Gasteiger partial charge on any atom is 0.490 e. The van der Waals surface area contributed by atoms with E-state index < -0.39 is 42.2 Å². The van der Waals surface area contributed by atoms with Crippen LogP contribution in [0, 0.1) is 12.8 Å². The van der Waals surface area contributed by atoms with E-state index in [1.807, 2.05) is 55.5 Å². The van der Waals surface area contributed by atoms with Crippen LogP contribution in [0.5, 0.6) is 5.75 Å². The van der Waals surface area contributed by atoms with Crippen LogP contribution >= 0.6 is 0 Å². The number of hydrogen-bond acceptors (Lipinski definition) is 8. The van der Waals surface area contributed by atoms with Gasteiger partial charge in [-0.3, -0.25) is 24.7 Å². The normalized spacial score (nSPS) is 15.8. The third kappa shape index (κ3) is 13.1. The van der Waals surface area contributed by atoms with Gasteiger partial charge in [-0.2, -0.15) is 26.3 Å². The number of carbonyl (C=O) groups is 4. The molecule has 0 spiro atoms. The quantitative estimate of drug-likeness (QED) is 0.0876. The van der Waals surface area contributed by atoms with Crippen molar-refractivity contribution >= 4 is 34.7 Å². The van der Waals surface area contributed by atoms with E-state index in [0.29, 0.717) is 37.4 Å². The second-order valence-corrected chi connectivity index (χ2v) is 11.5. The lowest BCUT2D eigenvalue weighted by atomic mass is 9.90. The van der Waals surface area contributed by atoms with Crippen molar-refractivity contribution in [1.29, 1.82) is 0 Å². The number of aromatic nitrogens is 1. The van der Waals surface area contributed by atoms with Crippen molar-refractivity contribution in [2.24, 2.45) is 5.92 Å². The van der Waals surface area contributed by atoms with Gasteiger partial charge in [0.1, 0.15) is 12.4 Å². The summed E-state index contributed by atoms with van der Waals surface area (Å²) in [6.45, 7) is 4.26. The lowest BCUT2D eigenvalue weighted by Crippen LogP contribution is -2.56. The summed E-state index contributed by atoms with van der Waals surface area (Å²) in [5.41, 5.74) is 6.30. The van der Waals surface area contributed by atoms with Gasteiger partial charge < -0.3 is 20.3 Å². The maximum absolute atomic E-state index is 13.1. The highest BCUT2D eigenvalue weighted by Gasteiger charge is 2.39. The summed E-state index contributed by atoms with van der Waals surface area (Å²) in [6, 6.07) is 26.6. The SMILES string of the molecule is Cc1cc(COc2ccc(C(=O)N[C@@H]3CN(Cc4ccccc4)CC[C@@H]3C(=O)NO)cc2)c2ccccc2n1.O=C(O)C(F)(F)F.O=C(O)C(F)(F)F. The number of halogens is 6. The van der Waals surface area contributed by atoms with E-state index >= 15 is 0 Å². The fourth-order valence-electron chi connectivity index (χ4n) is 5.18. The molecule has 1 fully saturated rings. The van der Waals surface area contributed by atoms with Crippen molar-refractivity contribution in [2.45, 2.75) is 44.9 Å². The zero-order valence-electron chi connectivity index (χ0n) is 27.8. The number of alkyl halides is 6. The Hall–Kier alpha value is -5.75. The number of aryl methyl sites for hydroxylation is 1. The van der Waals surface area contributed by atoms with E-state index in [4.69, 9.17) is 24.5 Å². The van der Waals surface area contributed by atoms with Crippen LogP contribution in [0.3, 0.4) is 0 Å². The Morgan fingerprint density at radius 2 is 1.43 bits per heavy atom. The number of ether oxygens (including phenoxy) is 1. The van der Waals surface area contributed by atoms with Gasteiger partial charge in [-0.1, -0.05) is 48.5 Å². The molecule has 53 heavy (non-hydrogen) atoms.